The maximum absolute atomic E-state index is 11.9. The summed E-state index contributed by atoms with van der Waals surface area (Å²) in [6.07, 6.45) is 4.36. The third-order valence-corrected chi connectivity index (χ3v) is 3.92. The largest absolute Gasteiger partial charge is 0.472 e. The first-order valence-electron chi connectivity index (χ1n) is 5.16. The van der Waals surface area contributed by atoms with Crippen LogP contribution in [0.15, 0.2) is 40.0 Å². The molecule has 1 aromatic rings. The summed E-state index contributed by atoms with van der Waals surface area (Å²) in [6.45, 7) is 0. The first-order valence-corrected chi connectivity index (χ1v) is 7.56. The lowest BCUT2D eigenvalue weighted by atomic mass is 10.3. The molecule has 0 fully saturated rings. The smallest absolute Gasteiger partial charge is 0.303 e. The molecule has 0 aliphatic carbocycles. The van der Waals surface area contributed by atoms with Crippen LogP contribution < -0.4 is 15.9 Å². The molecule has 7 nitrogen and oxygen atoms in total. The molecule has 0 spiro atoms. The van der Waals surface area contributed by atoms with Crippen LogP contribution in [0.1, 0.15) is 0 Å². The summed E-state index contributed by atoms with van der Waals surface area (Å²) >= 11 is 3.24. The molecule has 0 radical (unpaired) electrons. The maximum atomic E-state index is 11.9. The van der Waals surface area contributed by atoms with Gasteiger partial charge in [0.2, 0.25) is 5.94 Å². The molecule has 9 heteroatoms. The van der Waals surface area contributed by atoms with Crippen molar-refractivity contribution in [3.63, 3.8) is 0 Å². The highest BCUT2D eigenvalue weighted by molar-refractivity contribution is 9.10. The Hall–Kier alpha value is -1.74. The average Bonchev–Trinajstić information content (AvgIpc) is 2.39. The third-order valence-electron chi connectivity index (χ3n) is 2.15. The van der Waals surface area contributed by atoms with Crippen molar-refractivity contribution in [1.29, 1.82) is 0 Å². The van der Waals surface area contributed by atoms with Crippen LogP contribution in [0.3, 0.4) is 0 Å². The van der Waals surface area contributed by atoms with E-state index in [2.05, 4.69) is 26.5 Å². The number of hydrogen-bond acceptors (Lipinski definition) is 6. The summed E-state index contributed by atoms with van der Waals surface area (Å²) in [5, 5.41) is 3.66. The van der Waals surface area contributed by atoms with Gasteiger partial charge in [0, 0.05) is 6.20 Å². The van der Waals surface area contributed by atoms with Crippen LogP contribution >= 0.6 is 15.9 Å². The molecule has 0 atom stereocenters. The Morgan fingerprint density at radius 2 is 2.26 bits per heavy atom. The molecule has 0 saturated carbocycles. The Balaban J connectivity index is 2.10. The molecule has 0 bridgehead atoms. The highest BCUT2D eigenvalue weighted by Gasteiger charge is 2.22. The molecule has 1 aromatic carbocycles. The van der Waals surface area contributed by atoms with E-state index < -0.39 is 16.0 Å². The van der Waals surface area contributed by atoms with E-state index >= 15 is 0 Å². The van der Waals surface area contributed by atoms with Crippen LogP contribution in [0.4, 0.5) is 5.69 Å². The Morgan fingerprint density at radius 3 is 2.89 bits per heavy atom. The van der Waals surface area contributed by atoms with E-state index in [1.807, 2.05) is 0 Å². The maximum Gasteiger partial charge on any atom is 0.303 e. The number of hydrazone groups is 1. The minimum atomic E-state index is -3.74. The van der Waals surface area contributed by atoms with Gasteiger partial charge in [-0.2, -0.15) is 8.42 Å². The quantitative estimate of drug-likeness (QED) is 0.793. The number of ether oxygens (including phenoxy) is 1. The van der Waals surface area contributed by atoms with Gasteiger partial charge in [-0.05, 0) is 34.1 Å². The van der Waals surface area contributed by atoms with Gasteiger partial charge in [0.15, 0.2) is 5.75 Å². The van der Waals surface area contributed by atoms with Crippen molar-refractivity contribution in [2.75, 3.05) is 11.7 Å². The minimum absolute atomic E-state index is 0.280. The lowest BCUT2D eigenvalue weighted by Crippen LogP contribution is -2.39. The normalized spacial score (nSPS) is 14.3. The number of halogens is 1. The Labute approximate surface area is 118 Å². The average molecular weight is 347 g/mol. The number of hydrazine groups is 1. The van der Waals surface area contributed by atoms with Crippen LogP contribution in [0, 0.1) is 0 Å². The molecular formula is C10H11BrN4O3S. The standard InChI is InChI=1S/C10H11BrN4O3S/c11-8-3-1-4-9(12)10(8)18-7-19(16,17)15-13-5-2-6-14-15/h1-6,13H,7,12H2. The molecule has 1 aliphatic rings. The van der Waals surface area contributed by atoms with Gasteiger partial charge >= 0.3 is 10.0 Å². The molecule has 0 aromatic heterocycles. The van der Waals surface area contributed by atoms with E-state index in [1.165, 1.54) is 12.4 Å². The molecular weight excluding hydrogens is 336 g/mol. The number of nitrogens with two attached hydrogens (primary N) is 1. The molecule has 1 aliphatic heterocycles. The van der Waals surface area contributed by atoms with Crippen molar-refractivity contribution in [2.24, 2.45) is 5.10 Å². The first-order chi connectivity index (χ1) is 9.00. The lowest BCUT2D eigenvalue weighted by Gasteiger charge is -2.20. The fourth-order valence-electron chi connectivity index (χ4n) is 1.30. The number of nitrogens with zero attached hydrogens (tertiary/aromatic N) is 2. The third kappa shape index (κ3) is 3.18. The zero-order valence-corrected chi connectivity index (χ0v) is 12.1. The fourth-order valence-corrected chi connectivity index (χ4v) is 2.58. The van der Waals surface area contributed by atoms with Gasteiger partial charge in [-0.1, -0.05) is 10.6 Å². The van der Waals surface area contributed by atoms with Gasteiger partial charge in [-0.15, -0.1) is 5.10 Å². The van der Waals surface area contributed by atoms with Crippen LogP contribution in [-0.4, -0.2) is 25.1 Å². The zero-order valence-electron chi connectivity index (χ0n) is 9.65. The fraction of sp³-hybridized carbons (Fsp3) is 0.100. The van der Waals surface area contributed by atoms with E-state index in [4.69, 9.17) is 10.5 Å². The number of para-hydroxylation sites is 1. The van der Waals surface area contributed by atoms with Crippen molar-refractivity contribution in [2.45, 2.75) is 0 Å². The summed E-state index contributed by atoms with van der Waals surface area (Å²) in [6, 6.07) is 5.05. The Bertz CT molecular complexity index is 609. The number of nitrogen functional groups attached to an aromatic ring is 1. The van der Waals surface area contributed by atoms with Crippen LogP contribution in [-0.2, 0) is 10.0 Å². The highest BCUT2D eigenvalue weighted by atomic mass is 79.9. The summed E-state index contributed by atoms with van der Waals surface area (Å²) in [4.78, 5) is 0. The number of rotatable bonds is 4. The molecule has 0 amide bonds. The van der Waals surface area contributed by atoms with Gasteiger partial charge in [0.05, 0.1) is 16.4 Å². The van der Waals surface area contributed by atoms with Crippen molar-refractivity contribution in [1.82, 2.24) is 9.95 Å². The van der Waals surface area contributed by atoms with Crippen LogP contribution in [0.25, 0.3) is 0 Å². The van der Waals surface area contributed by atoms with E-state index in [1.54, 1.807) is 24.3 Å². The Morgan fingerprint density at radius 1 is 1.47 bits per heavy atom. The molecule has 2 rings (SSSR count). The van der Waals surface area contributed by atoms with Gasteiger partial charge in [-0.25, -0.2) is 0 Å². The predicted molar refractivity (Wildman–Crippen MR) is 75.6 cm³/mol. The Kier molecular flexibility index (Phi) is 3.96. The summed E-state index contributed by atoms with van der Waals surface area (Å²) < 4.78 is 30.4. The highest BCUT2D eigenvalue weighted by Crippen LogP contribution is 2.31. The van der Waals surface area contributed by atoms with E-state index in [0.717, 1.165) is 4.52 Å². The van der Waals surface area contributed by atoms with Gasteiger partial charge in [0.1, 0.15) is 0 Å². The number of sulfonamides is 1. The summed E-state index contributed by atoms with van der Waals surface area (Å²) in [5.74, 6) is -0.305. The predicted octanol–water partition coefficient (Wildman–Crippen LogP) is 1.02. The topological polar surface area (TPSA) is 97.0 Å². The molecule has 3 N–H and O–H groups in total. The molecule has 102 valence electrons. The van der Waals surface area contributed by atoms with Crippen molar-refractivity contribution < 1.29 is 13.2 Å². The van der Waals surface area contributed by atoms with Gasteiger partial charge < -0.3 is 10.5 Å². The molecule has 19 heavy (non-hydrogen) atoms. The summed E-state index contributed by atoms with van der Waals surface area (Å²) in [7, 11) is -3.74. The SMILES string of the molecule is Nc1cccc(Br)c1OCS(=O)(=O)N1N=CC=CN1. The second kappa shape index (κ2) is 5.49. The van der Waals surface area contributed by atoms with E-state index in [0.29, 0.717) is 10.2 Å². The second-order valence-corrected chi connectivity index (χ2v) is 6.13. The number of benzene rings is 1. The number of anilines is 1. The monoisotopic (exact) mass is 346 g/mol. The van der Waals surface area contributed by atoms with Crippen LogP contribution in [0.2, 0.25) is 0 Å². The van der Waals surface area contributed by atoms with E-state index in [-0.39, 0.29) is 5.75 Å². The lowest BCUT2D eigenvalue weighted by molar-refractivity contribution is 0.327. The number of nitrogens with one attached hydrogen (secondary N) is 1. The first kappa shape index (κ1) is 13.7. The van der Waals surface area contributed by atoms with Crippen molar-refractivity contribution in [3.05, 3.63) is 34.9 Å². The van der Waals surface area contributed by atoms with Gasteiger partial charge in [0.25, 0.3) is 0 Å². The van der Waals surface area contributed by atoms with Crippen molar-refractivity contribution in [3.8, 4) is 5.75 Å². The molecule has 0 unspecified atom stereocenters. The zero-order chi connectivity index (χ0) is 13.9. The molecule has 1 heterocycles. The van der Waals surface area contributed by atoms with E-state index in [9.17, 15) is 8.42 Å². The molecule has 0 saturated heterocycles. The summed E-state index contributed by atoms with van der Waals surface area (Å²) in [5.41, 5.74) is 8.52. The number of hydrogen-bond donors (Lipinski definition) is 2. The van der Waals surface area contributed by atoms with Gasteiger partial charge in [-0.3, -0.25) is 5.43 Å². The minimum Gasteiger partial charge on any atom is -0.472 e. The van der Waals surface area contributed by atoms with Crippen LogP contribution in [0.5, 0.6) is 5.75 Å². The van der Waals surface area contributed by atoms with Crippen molar-refractivity contribution >= 4 is 37.9 Å². The number of allylic oxidation sites excluding steroid dienone is 1. The second-order valence-electron chi connectivity index (χ2n) is 3.53.